The van der Waals surface area contributed by atoms with E-state index >= 15 is 0 Å². The number of nitrogens with one attached hydrogen (secondary N) is 1. The molecule has 176 valence electrons. The van der Waals surface area contributed by atoms with Gasteiger partial charge in [0.1, 0.15) is 17.4 Å². The Morgan fingerprint density at radius 2 is 1.88 bits per heavy atom. The van der Waals surface area contributed by atoms with Gasteiger partial charge in [-0.15, -0.1) is 0 Å². The summed E-state index contributed by atoms with van der Waals surface area (Å²) in [5.41, 5.74) is 1.28. The second-order valence-corrected chi connectivity index (χ2v) is 8.46. The van der Waals surface area contributed by atoms with E-state index in [4.69, 9.17) is 0 Å². The van der Waals surface area contributed by atoms with Crippen LogP contribution in [0.1, 0.15) is 30.5 Å². The van der Waals surface area contributed by atoms with E-state index in [2.05, 4.69) is 15.3 Å². The van der Waals surface area contributed by atoms with Gasteiger partial charge >= 0.3 is 6.18 Å². The zero-order chi connectivity index (χ0) is 24.3. The molecule has 34 heavy (non-hydrogen) atoms. The summed E-state index contributed by atoms with van der Waals surface area (Å²) >= 11 is 1.23. The number of alkyl halides is 3. The van der Waals surface area contributed by atoms with E-state index in [-0.39, 0.29) is 11.7 Å². The first-order chi connectivity index (χ1) is 16.3. The van der Waals surface area contributed by atoms with Crippen molar-refractivity contribution in [3.63, 3.8) is 0 Å². The van der Waals surface area contributed by atoms with Gasteiger partial charge in [-0.1, -0.05) is 36.9 Å². The van der Waals surface area contributed by atoms with Crippen LogP contribution in [0, 0.1) is 5.82 Å². The number of hydrogen-bond donors (Lipinski definition) is 1. The predicted octanol–water partition coefficient (Wildman–Crippen LogP) is 6.47. The molecule has 0 saturated carbocycles. The highest BCUT2D eigenvalue weighted by Gasteiger charge is 2.30. The van der Waals surface area contributed by atoms with E-state index in [0.717, 1.165) is 12.1 Å². The van der Waals surface area contributed by atoms with E-state index in [1.807, 2.05) is 6.92 Å². The number of hydrogen-bond acceptors (Lipinski definition) is 4. The lowest BCUT2D eigenvalue weighted by molar-refractivity contribution is -0.137. The van der Waals surface area contributed by atoms with Gasteiger partial charge in [0.15, 0.2) is 10.8 Å². The molecule has 0 bridgehead atoms. The lowest BCUT2D eigenvalue weighted by Crippen LogP contribution is -2.26. The predicted molar refractivity (Wildman–Crippen MR) is 123 cm³/mol. The summed E-state index contributed by atoms with van der Waals surface area (Å²) in [5.74, 6) is -0.522. The Bertz CT molecular complexity index is 1300. The highest BCUT2D eigenvalue weighted by atomic mass is 32.2. The van der Waals surface area contributed by atoms with Crippen molar-refractivity contribution in [3.05, 3.63) is 83.8 Å². The molecule has 5 nitrogen and oxygen atoms in total. The normalized spacial score (nSPS) is 12.6. The molecule has 1 atom stereocenters. The number of carbonyl (C=O) groups excluding carboxylic acids is 1. The average molecular weight is 489 g/mol. The van der Waals surface area contributed by atoms with Crippen molar-refractivity contribution in [1.82, 2.24) is 14.5 Å². The standard InChI is InChI=1S/C24H20F4N4OS/c1-2-20(22(33)30-18-10-8-17(25)9-11-18)32-21-19(7-4-12-29-21)31-23(32)34-14-15-5-3-6-16(13-15)24(26,27)28/h3-13,20H,2,14H2,1H3,(H,30,33). The number of halogens is 4. The first kappa shape index (κ1) is 23.7. The van der Waals surface area contributed by atoms with Crippen molar-refractivity contribution in [2.24, 2.45) is 0 Å². The maximum absolute atomic E-state index is 13.2. The van der Waals surface area contributed by atoms with Crippen LogP contribution in [0.3, 0.4) is 0 Å². The Kier molecular flexibility index (Phi) is 6.87. The third kappa shape index (κ3) is 5.22. The van der Waals surface area contributed by atoms with Crippen molar-refractivity contribution in [2.75, 3.05) is 5.32 Å². The quantitative estimate of drug-likeness (QED) is 0.239. The largest absolute Gasteiger partial charge is 0.416 e. The molecule has 10 heteroatoms. The van der Waals surface area contributed by atoms with Gasteiger partial charge in [0.25, 0.3) is 0 Å². The SMILES string of the molecule is CCC(C(=O)Nc1ccc(F)cc1)n1c(SCc2cccc(C(F)(F)F)c2)nc2cccnc21. The molecular weight excluding hydrogens is 468 g/mol. The van der Waals surface area contributed by atoms with E-state index in [0.29, 0.717) is 34.0 Å². The van der Waals surface area contributed by atoms with Crippen LogP contribution in [0.15, 0.2) is 72.0 Å². The summed E-state index contributed by atoms with van der Waals surface area (Å²) in [6.45, 7) is 1.84. The highest BCUT2D eigenvalue weighted by Crippen LogP contribution is 2.33. The summed E-state index contributed by atoms with van der Waals surface area (Å²) in [7, 11) is 0. The second kappa shape index (κ2) is 9.84. The minimum atomic E-state index is -4.43. The van der Waals surface area contributed by atoms with E-state index in [1.165, 1.54) is 42.1 Å². The Labute approximate surface area is 197 Å². The number of aromatic nitrogens is 3. The lowest BCUT2D eigenvalue weighted by Gasteiger charge is -2.19. The van der Waals surface area contributed by atoms with Crippen LogP contribution in [0.25, 0.3) is 11.2 Å². The molecule has 0 saturated heterocycles. The smallest absolute Gasteiger partial charge is 0.324 e. The van der Waals surface area contributed by atoms with Gasteiger partial charge < -0.3 is 5.32 Å². The third-order valence-corrected chi connectivity index (χ3v) is 6.18. The van der Waals surface area contributed by atoms with Gasteiger partial charge in [-0.25, -0.2) is 14.4 Å². The minimum absolute atomic E-state index is 0.225. The zero-order valence-corrected chi connectivity index (χ0v) is 18.8. The molecule has 0 aliphatic rings. The zero-order valence-electron chi connectivity index (χ0n) is 18.0. The van der Waals surface area contributed by atoms with Gasteiger partial charge in [0.2, 0.25) is 5.91 Å². The van der Waals surface area contributed by atoms with E-state index in [1.54, 1.807) is 29.0 Å². The van der Waals surface area contributed by atoms with Crippen LogP contribution in [-0.2, 0) is 16.7 Å². The number of pyridine rings is 1. The van der Waals surface area contributed by atoms with Gasteiger partial charge in [-0.2, -0.15) is 13.2 Å². The summed E-state index contributed by atoms with van der Waals surface area (Å²) in [6, 6.07) is 13.4. The maximum atomic E-state index is 13.2. The van der Waals surface area contributed by atoms with Crippen LogP contribution in [0.4, 0.5) is 23.2 Å². The van der Waals surface area contributed by atoms with E-state index < -0.39 is 23.6 Å². The molecule has 0 aliphatic heterocycles. The molecule has 0 aliphatic carbocycles. The minimum Gasteiger partial charge on any atom is -0.324 e. The number of rotatable bonds is 7. The molecule has 2 heterocycles. The van der Waals surface area contributed by atoms with Crippen molar-refractivity contribution < 1.29 is 22.4 Å². The molecule has 2 aromatic carbocycles. The van der Waals surface area contributed by atoms with Crippen molar-refractivity contribution in [3.8, 4) is 0 Å². The number of nitrogens with zero attached hydrogens (tertiary/aromatic N) is 3. The van der Waals surface area contributed by atoms with Gasteiger partial charge in [0.05, 0.1) is 5.56 Å². The van der Waals surface area contributed by atoms with Crippen LogP contribution < -0.4 is 5.32 Å². The summed E-state index contributed by atoms with van der Waals surface area (Å²) in [5, 5.41) is 3.25. The van der Waals surface area contributed by atoms with Gasteiger partial charge in [-0.3, -0.25) is 9.36 Å². The summed E-state index contributed by atoms with van der Waals surface area (Å²) in [4.78, 5) is 22.1. The van der Waals surface area contributed by atoms with Crippen LogP contribution in [-0.4, -0.2) is 20.4 Å². The topological polar surface area (TPSA) is 59.8 Å². The molecule has 0 fully saturated rings. The number of benzene rings is 2. The molecule has 1 N–H and O–H groups in total. The molecule has 2 aromatic heterocycles. The Morgan fingerprint density at radius 1 is 1.12 bits per heavy atom. The Morgan fingerprint density at radius 3 is 2.59 bits per heavy atom. The van der Waals surface area contributed by atoms with Crippen molar-refractivity contribution in [2.45, 2.75) is 36.5 Å². The number of imidazole rings is 1. The average Bonchev–Trinajstić information content (AvgIpc) is 3.18. The van der Waals surface area contributed by atoms with Gasteiger partial charge in [0, 0.05) is 17.6 Å². The molecule has 1 unspecified atom stereocenters. The molecule has 0 spiro atoms. The molecule has 4 rings (SSSR count). The first-order valence-corrected chi connectivity index (χ1v) is 11.4. The number of carbonyl (C=O) groups is 1. The highest BCUT2D eigenvalue weighted by molar-refractivity contribution is 7.98. The fourth-order valence-corrected chi connectivity index (χ4v) is 4.51. The first-order valence-electron chi connectivity index (χ1n) is 10.4. The van der Waals surface area contributed by atoms with Gasteiger partial charge in [-0.05, 0) is 54.4 Å². The molecule has 0 radical (unpaired) electrons. The number of amides is 1. The van der Waals surface area contributed by atoms with E-state index in [9.17, 15) is 22.4 Å². The molecule has 1 amide bonds. The monoisotopic (exact) mass is 488 g/mol. The fourth-order valence-electron chi connectivity index (χ4n) is 3.52. The number of fused-ring (bicyclic) bond motifs is 1. The number of thioether (sulfide) groups is 1. The van der Waals surface area contributed by atoms with Crippen molar-refractivity contribution >= 4 is 34.5 Å². The Hall–Kier alpha value is -3.40. The summed E-state index contributed by atoms with van der Waals surface area (Å²) in [6.07, 6.45) is -2.43. The summed E-state index contributed by atoms with van der Waals surface area (Å²) < 4.78 is 54.2. The molecular formula is C24H20F4N4OS. The Balaban J connectivity index is 1.64. The lowest BCUT2D eigenvalue weighted by atomic mass is 10.1. The van der Waals surface area contributed by atoms with Crippen LogP contribution in [0.5, 0.6) is 0 Å². The fraction of sp³-hybridized carbons (Fsp3) is 0.208. The van der Waals surface area contributed by atoms with Crippen LogP contribution >= 0.6 is 11.8 Å². The second-order valence-electron chi connectivity index (χ2n) is 7.52. The maximum Gasteiger partial charge on any atom is 0.416 e. The number of anilines is 1. The van der Waals surface area contributed by atoms with Crippen molar-refractivity contribution in [1.29, 1.82) is 0 Å². The van der Waals surface area contributed by atoms with Crippen LogP contribution in [0.2, 0.25) is 0 Å². The third-order valence-electron chi connectivity index (χ3n) is 5.15. The molecule has 4 aromatic rings.